The van der Waals surface area contributed by atoms with Crippen molar-refractivity contribution >= 4 is 0 Å². The number of hydrogen-bond donors (Lipinski definition) is 1. The van der Waals surface area contributed by atoms with E-state index in [1.807, 2.05) is 19.3 Å². The standard InChI is InChI=1S/C8H13NO/c1-2-10-6-4-8-3-5-9-7-8/h3,5,7,9H,2,4,6H2,1H3. The van der Waals surface area contributed by atoms with Crippen molar-refractivity contribution in [2.24, 2.45) is 0 Å². The first-order valence-electron chi connectivity index (χ1n) is 3.63. The zero-order valence-electron chi connectivity index (χ0n) is 6.26. The summed E-state index contributed by atoms with van der Waals surface area (Å²) in [5, 5.41) is 0. The number of aromatic nitrogens is 1. The summed E-state index contributed by atoms with van der Waals surface area (Å²) < 4.78 is 5.19. The Bertz CT molecular complexity index is 158. The van der Waals surface area contributed by atoms with Gasteiger partial charge in [0.1, 0.15) is 0 Å². The summed E-state index contributed by atoms with van der Waals surface area (Å²) in [5.41, 5.74) is 1.31. The Hall–Kier alpha value is -0.760. The van der Waals surface area contributed by atoms with Crippen LogP contribution in [0.25, 0.3) is 0 Å². The second kappa shape index (κ2) is 4.12. The SMILES string of the molecule is CCOCCc1cc[nH]c1. The first-order chi connectivity index (χ1) is 4.93. The Labute approximate surface area is 61.2 Å². The molecular weight excluding hydrogens is 126 g/mol. The molecule has 0 aliphatic heterocycles. The Kier molecular flexibility index (Phi) is 3.03. The van der Waals surface area contributed by atoms with Gasteiger partial charge in [-0.15, -0.1) is 0 Å². The van der Waals surface area contributed by atoms with E-state index in [0.29, 0.717) is 0 Å². The van der Waals surface area contributed by atoms with Gasteiger partial charge in [-0.2, -0.15) is 0 Å². The average molecular weight is 139 g/mol. The number of ether oxygens (including phenoxy) is 1. The van der Waals surface area contributed by atoms with E-state index in [1.54, 1.807) is 0 Å². The molecule has 0 spiro atoms. The summed E-state index contributed by atoms with van der Waals surface area (Å²) in [7, 11) is 0. The molecule has 0 aliphatic carbocycles. The molecule has 0 aliphatic rings. The lowest BCUT2D eigenvalue weighted by molar-refractivity contribution is 0.151. The summed E-state index contributed by atoms with van der Waals surface area (Å²) >= 11 is 0. The molecule has 1 aromatic heterocycles. The van der Waals surface area contributed by atoms with Crippen LogP contribution in [0.1, 0.15) is 12.5 Å². The second-order valence-electron chi connectivity index (χ2n) is 2.17. The predicted molar refractivity (Wildman–Crippen MR) is 41.0 cm³/mol. The first-order valence-corrected chi connectivity index (χ1v) is 3.63. The van der Waals surface area contributed by atoms with Crippen molar-refractivity contribution in [3.05, 3.63) is 24.0 Å². The predicted octanol–water partition coefficient (Wildman–Crippen LogP) is 1.59. The molecule has 0 bridgehead atoms. The third-order valence-electron chi connectivity index (χ3n) is 1.40. The van der Waals surface area contributed by atoms with Gasteiger partial charge in [0.05, 0.1) is 6.61 Å². The van der Waals surface area contributed by atoms with E-state index in [2.05, 4.69) is 11.1 Å². The Morgan fingerprint density at radius 3 is 3.10 bits per heavy atom. The molecule has 1 rings (SSSR count). The molecule has 0 saturated carbocycles. The summed E-state index contributed by atoms with van der Waals surface area (Å²) in [6.07, 6.45) is 4.94. The summed E-state index contributed by atoms with van der Waals surface area (Å²) in [4.78, 5) is 3.00. The fraction of sp³-hybridized carbons (Fsp3) is 0.500. The lowest BCUT2D eigenvalue weighted by Crippen LogP contribution is -1.96. The molecular formula is C8H13NO. The van der Waals surface area contributed by atoms with E-state index in [4.69, 9.17) is 4.74 Å². The van der Waals surface area contributed by atoms with E-state index in [9.17, 15) is 0 Å². The monoisotopic (exact) mass is 139 g/mol. The van der Waals surface area contributed by atoms with Crippen LogP contribution in [0.15, 0.2) is 18.5 Å². The third kappa shape index (κ3) is 2.23. The molecule has 1 heterocycles. The van der Waals surface area contributed by atoms with E-state index in [-0.39, 0.29) is 0 Å². The molecule has 0 amide bonds. The minimum absolute atomic E-state index is 0.810. The zero-order chi connectivity index (χ0) is 7.23. The molecule has 0 saturated heterocycles. The van der Waals surface area contributed by atoms with Crippen LogP contribution in [-0.4, -0.2) is 18.2 Å². The topological polar surface area (TPSA) is 25.0 Å². The lowest BCUT2D eigenvalue weighted by atomic mass is 10.3. The van der Waals surface area contributed by atoms with E-state index >= 15 is 0 Å². The van der Waals surface area contributed by atoms with Crippen LogP contribution in [0.5, 0.6) is 0 Å². The highest BCUT2D eigenvalue weighted by atomic mass is 16.5. The summed E-state index contributed by atoms with van der Waals surface area (Å²) in [5.74, 6) is 0. The van der Waals surface area contributed by atoms with Crippen LogP contribution in [0.3, 0.4) is 0 Å². The number of rotatable bonds is 4. The molecule has 10 heavy (non-hydrogen) atoms. The van der Waals surface area contributed by atoms with Crippen molar-refractivity contribution in [3.63, 3.8) is 0 Å². The molecule has 2 nitrogen and oxygen atoms in total. The van der Waals surface area contributed by atoms with Crippen LogP contribution in [0.4, 0.5) is 0 Å². The van der Waals surface area contributed by atoms with Gasteiger partial charge < -0.3 is 9.72 Å². The number of aromatic amines is 1. The molecule has 0 atom stereocenters. The molecule has 2 heteroatoms. The van der Waals surface area contributed by atoms with Crippen molar-refractivity contribution in [2.45, 2.75) is 13.3 Å². The minimum Gasteiger partial charge on any atom is -0.381 e. The van der Waals surface area contributed by atoms with Gasteiger partial charge in [0.2, 0.25) is 0 Å². The fourth-order valence-corrected chi connectivity index (χ4v) is 0.848. The van der Waals surface area contributed by atoms with Crippen LogP contribution in [0.2, 0.25) is 0 Å². The largest absolute Gasteiger partial charge is 0.381 e. The maximum Gasteiger partial charge on any atom is 0.0506 e. The lowest BCUT2D eigenvalue weighted by Gasteiger charge is -1.96. The van der Waals surface area contributed by atoms with Gasteiger partial charge in [0.15, 0.2) is 0 Å². The maximum absolute atomic E-state index is 5.19. The highest BCUT2D eigenvalue weighted by Gasteiger charge is 1.90. The Morgan fingerprint density at radius 2 is 2.50 bits per heavy atom. The van der Waals surface area contributed by atoms with Crippen LogP contribution < -0.4 is 0 Å². The average Bonchev–Trinajstić information content (AvgIpc) is 2.41. The van der Waals surface area contributed by atoms with Gasteiger partial charge in [0, 0.05) is 19.0 Å². The number of nitrogens with one attached hydrogen (secondary N) is 1. The molecule has 0 unspecified atom stereocenters. The Balaban J connectivity index is 2.15. The first kappa shape index (κ1) is 7.35. The molecule has 1 N–H and O–H groups in total. The highest BCUT2D eigenvalue weighted by Crippen LogP contribution is 1.97. The molecule has 0 aromatic carbocycles. The molecule has 56 valence electrons. The van der Waals surface area contributed by atoms with Gasteiger partial charge in [-0.1, -0.05) is 0 Å². The smallest absolute Gasteiger partial charge is 0.0506 e. The van der Waals surface area contributed by atoms with Crippen LogP contribution >= 0.6 is 0 Å². The summed E-state index contributed by atoms with van der Waals surface area (Å²) in [6.45, 7) is 3.65. The normalized spacial score (nSPS) is 10.1. The fourth-order valence-electron chi connectivity index (χ4n) is 0.848. The zero-order valence-corrected chi connectivity index (χ0v) is 6.26. The second-order valence-corrected chi connectivity index (χ2v) is 2.17. The highest BCUT2D eigenvalue weighted by molar-refractivity contribution is 5.07. The third-order valence-corrected chi connectivity index (χ3v) is 1.40. The minimum atomic E-state index is 0.810. The quantitative estimate of drug-likeness (QED) is 0.629. The Morgan fingerprint density at radius 1 is 1.60 bits per heavy atom. The molecule has 1 aromatic rings. The van der Waals surface area contributed by atoms with Crippen molar-refractivity contribution in [2.75, 3.05) is 13.2 Å². The van der Waals surface area contributed by atoms with Crippen molar-refractivity contribution < 1.29 is 4.74 Å². The number of H-pyrrole nitrogens is 1. The number of hydrogen-bond acceptors (Lipinski definition) is 1. The van der Waals surface area contributed by atoms with Gasteiger partial charge in [-0.05, 0) is 25.0 Å². The van der Waals surface area contributed by atoms with Gasteiger partial charge in [0.25, 0.3) is 0 Å². The molecule has 0 fully saturated rings. The van der Waals surface area contributed by atoms with Crippen molar-refractivity contribution in [3.8, 4) is 0 Å². The summed E-state index contributed by atoms with van der Waals surface area (Å²) in [6, 6.07) is 2.07. The molecule has 0 radical (unpaired) electrons. The van der Waals surface area contributed by atoms with Crippen molar-refractivity contribution in [1.82, 2.24) is 4.98 Å². The van der Waals surface area contributed by atoms with Crippen LogP contribution in [-0.2, 0) is 11.2 Å². The van der Waals surface area contributed by atoms with Gasteiger partial charge >= 0.3 is 0 Å². The van der Waals surface area contributed by atoms with E-state index < -0.39 is 0 Å². The van der Waals surface area contributed by atoms with Crippen LogP contribution in [0, 0.1) is 0 Å². The van der Waals surface area contributed by atoms with E-state index in [0.717, 1.165) is 19.6 Å². The maximum atomic E-state index is 5.19. The van der Waals surface area contributed by atoms with E-state index in [1.165, 1.54) is 5.56 Å². The van der Waals surface area contributed by atoms with Gasteiger partial charge in [-0.3, -0.25) is 0 Å². The van der Waals surface area contributed by atoms with Gasteiger partial charge in [-0.25, -0.2) is 0 Å². The van der Waals surface area contributed by atoms with Crippen molar-refractivity contribution in [1.29, 1.82) is 0 Å².